The summed E-state index contributed by atoms with van der Waals surface area (Å²) in [4.78, 5) is 20.9. The molecule has 0 radical (unpaired) electrons. The molecule has 0 spiro atoms. The van der Waals surface area contributed by atoms with Crippen LogP contribution in [0.5, 0.6) is 0 Å². The molecule has 0 saturated carbocycles. The zero-order chi connectivity index (χ0) is 78.6. The van der Waals surface area contributed by atoms with E-state index < -0.39 is 0 Å². The second-order valence-corrected chi connectivity index (χ2v) is 31.3. The van der Waals surface area contributed by atoms with Gasteiger partial charge in [-0.2, -0.15) is 0 Å². The third kappa shape index (κ3) is 10.5. The molecule has 0 aliphatic carbocycles. The van der Waals surface area contributed by atoms with Crippen LogP contribution in [0.15, 0.2) is 413 Å². The maximum Gasteiger partial charge on any atom is 0.221 e. The van der Waals surface area contributed by atoms with Gasteiger partial charge >= 0.3 is 0 Å². The fourth-order valence-electron chi connectivity index (χ4n) is 19.0. The average molecular weight is 1530 g/mol. The van der Waals surface area contributed by atoms with Crippen molar-refractivity contribution < 1.29 is 0 Å². The van der Waals surface area contributed by atoms with Crippen LogP contribution in [0, 0.1) is 0 Å². The number of hydrogen-bond acceptors (Lipinski definition) is 4. The molecule has 10 heteroatoms. The zero-order valence-electron chi connectivity index (χ0n) is 64.7. The molecule has 26 aromatic rings. The molecule has 0 N–H and O–H groups in total. The number of aromatic nitrogens is 10. The highest BCUT2D eigenvalue weighted by Crippen LogP contribution is 2.43. The SMILES string of the molecule is c1ccc(-c2ccc(-n3c4ccccc4c4cc(-c5ccc(-c6ccc7c(c6)c6ccccc6n7-c6nc7ccccc7c7nc8ccccc8n67)cc5)ccc43)cc2)cc1.c1ccc2cc(-n3c4ccccc4c4cc(-c5ccc(-c6ccc7c(c6)c6ccccc6n7-c6nc7ccccc7c7nc8ccccc8n67)cc5)ccc43)ccc2c1. The van der Waals surface area contributed by atoms with Crippen molar-refractivity contribution in [2.24, 2.45) is 0 Å². The van der Waals surface area contributed by atoms with Crippen LogP contribution in [0.1, 0.15) is 0 Å². The minimum Gasteiger partial charge on any atom is -0.309 e. The molecule has 0 aliphatic rings. The van der Waals surface area contributed by atoms with Gasteiger partial charge in [0.05, 0.1) is 77.2 Å². The second-order valence-electron chi connectivity index (χ2n) is 31.3. The molecule has 26 rings (SSSR count). The fourth-order valence-corrected chi connectivity index (χ4v) is 19.0. The van der Waals surface area contributed by atoms with Crippen molar-refractivity contribution in [3.05, 3.63) is 413 Å². The number of rotatable bonds is 9. The van der Waals surface area contributed by atoms with Crippen molar-refractivity contribution in [2.75, 3.05) is 0 Å². The first-order valence-corrected chi connectivity index (χ1v) is 40.8. The first kappa shape index (κ1) is 67.1. The first-order valence-electron chi connectivity index (χ1n) is 40.8. The molecule has 558 valence electrons. The highest BCUT2D eigenvalue weighted by Gasteiger charge is 2.25. The Morgan fingerprint density at radius 2 is 0.425 bits per heavy atom. The van der Waals surface area contributed by atoms with Crippen LogP contribution in [0.25, 0.3) is 232 Å². The van der Waals surface area contributed by atoms with Crippen LogP contribution in [0.4, 0.5) is 0 Å². The van der Waals surface area contributed by atoms with E-state index in [0.717, 1.165) is 94.8 Å². The first-order chi connectivity index (χ1) is 59.5. The zero-order valence-corrected chi connectivity index (χ0v) is 64.7. The molecule has 0 atom stereocenters. The van der Waals surface area contributed by atoms with Gasteiger partial charge in [-0.05, 0) is 212 Å². The Kier molecular flexibility index (Phi) is 14.9. The highest BCUT2D eigenvalue weighted by atomic mass is 15.2. The van der Waals surface area contributed by atoms with Crippen molar-refractivity contribution in [3.8, 4) is 78.9 Å². The summed E-state index contributed by atoms with van der Waals surface area (Å²) in [5.74, 6) is 1.65. The van der Waals surface area contributed by atoms with E-state index in [1.807, 2.05) is 24.3 Å². The topological polar surface area (TPSA) is 80.1 Å². The van der Waals surface area contributed by atoms with Crippen LogP contribution >= 0.6 is 0 Å². The normalized spacial score (nSPS) is 12.0. The largest absolute Gasteiger partial charge is 0.309 e. The number of hydrogen-bond donors (Lipinski definition) is 0. The molecule has 8 heterocycles. The lowest BCUT2D eigenvalue weighted by atomic mass is 9.98. The molecule has 0 aliphatic heterocycles. The summed E-state index contributed by atoms with van der Waals surface area (Å²) in [6.07, 6.45) is 0. The number of nitrogens with zero attached hydrogens (tertiary/aromatic N) is 10. The summed E-state index contributed by atoms with van der Waals surface area (Å²) in [6, 6.07) is 148. The fraction of sp³-hybridized carbons (Fsp3) is 0. The predicted molar refractivity (Wildman–Crippen MR) is 498 cm³/mol. The molecule has 18 aromatic carbocycles. The Morgan fingerprint density at radius 3 is 0.842 bits per heavy atom. The lowest BCUT2D eigenvalue weighted by Crippen LogP contribution is -2.06. The minimum atomic E-state index is 0.826. The monoisotopic (exact) mass is 1530 g/mol. The van der Waals surface area contributed by atoms with Gasteiger partial charge in [-0.15, -0.1) is 0 Å². The van der Waals surface area contributed by atoms with Gasteiger partial charge in [0.25, 0.3) is 0 Å². The summed E-state index contributed by atoms with van der Waals surface area (Å²) < 4.78 is 13.8. The van der Waals surface area contributed by atoms with E-state index in [1.54, 1.807) is 0 Å². The van der Waals surface area contributed by atoms with E-state index in [1.165, 1.54) is 137 Å². The van der Waals surface area contributed by atoms with Gasteiger partial charge in [0, 0.05) is 65.2 Å². The molecular formula is C110H68N10. The molecule has 0 saturated heterocycles. The quantitative estimate of drug-likeness (QED) is 0.144. The van der Waals surface area contributed by atoms with Gasteiger partial charge in [-0.1, -0.05) is 267 Å². The Hall–Kier alpha value is -16.3. The Balaban J connectivity index is 0.000000133. The van der Waals surface area contributed by atoms with Gasteiger partial charge in [0.2, 0.25) is 11.9 Å². The van der Waals surface area contributed by atoms with Crippen molar-refractivity contribution >= 4 is 153 Å². The van der Waals surface area contributed by atoms with E-state index in [0.29, 0.717) is 0 Å². The second kappa shape index (κ2) is 26.6. The number of imidazole rings is 2. The molecule has 0 amide bonds. The van der Waals surface area contributed by atoms with Crippen molar-refractivity contribution in [3.63, 3.8) is 0 Å². The van der Waals surface area contributed by atoms with Crippen LogP contribution in [-0.2, 0) is 0 Å². The van der Waals surface area contributed by atoms with E-state index in [4.69, 9.17) is 19.9 Å². The highest BCUT2D eigenvalue weighted by molar-refractivity contribution is 6.15. The summed E-state index contributed by atoms with van der Waals surface area (Å²) in [7, 11) is 0. The van der Waals surface area contributed by atoms with E-state index in [9.17, 15) is 0 Å². The summed E-state index contributed by atoms with van der Waals surface area (Å²) in [6.45, 7) is 0. The van der Waals surface area contributed by atoms with E-state index in [-0.39, 0.29) is 0 Å². The predicted octanol–water partition coefficient (Wildman–Crippen LogP) is 27.9. The lowest BCUT2D eigenvalue weighted by Gasteiger charge is -2.12. The van der Waals surface area contributed by atoms with Gasteiger partial charge in [0.1, 0.15) is 11.3 Å². The molecule has 0 fully saturated rings. The lowest BCUT2D eigenvalue weighted by molar-refractivity contribution is 0.979. The van der Waals surface area contributed by atoms with Gasteiger partial charge < -0.3 is 9.13 Å². The molecule has 0 bridgehead atoms. The molecular weight excluding hydrogens is 1460 g/mol. The van der Waals surface area contributed by atoms with E-state index in [2.05, 4.69) is 415 Å². The third-order valence-electron chi connectivity index (χ3n) is 24.7. The van der Waals surface area contributed by atoms with Crippen LogP contribution < -0.4 is 0 Å². The third-order valence-corrected chi connectivity index (χ3v) is 24.7. The summed E-state index contributed by atoms with van der Waals surface area (Å²) in [5.41, 5.74) is 31.1. The van der Waals surface area contributed by atoms with Gasteiger partial charge in [0.15, 0.2) is 0 Å². The molecule has 8 aromatic heterocycles. The average Bonchev–Trinajstić information content (AvgIpc) is 1.59. The smallest absolute Gasteiger partial charge is 0.221 e. The number of benzene rings is 18. The van der Waals surface area contributed by atoms with Crippen molar-refractivity contribution in [2.45, 2.75) is 0 Å². The molecule has 120 heavy (non-hydrogen) atoms. The number of para-hydroxylation sites is 10. The maximum atomic E-state index is 5.34. The van der Waals surface area contributed by atoms with Crippen molar-refractivity contribution in [1.29, 1.82) is 0 Å². The standard InChI is InChI=1S/C56H35N5.C54H33N5/c1-2-12-36(13-3-1)37-26-30-42(31-27-37)59-50-19-9-5-14-43(50)46-34-40(28-32-52(46)59)38-22-24-39(25-23-38)41-29-33-53-47(35-41)44-15-6-10-20-51(44)60(53)56-58-48-17-7-4-16-45(48)55-57-49-18-8-11-21-54(49)61(55)56;1-2-12-37-31-40(28-25-34(37)11-1)57-48-18-8-4-13-41(48)44-32-38(26-29-50(44)57)35-21-23-36(24-22-35)39-27-30-51-45(33-39)42-14-5-9-19-49(42)58(51)54-56-46-16-6-3-15-43(46)53-55-47-17-7-10-20-52(47)59(53)54/h1-35H;1-33H. The summed E-state index contributed by atoms with van der Waals surface area (Å²) >= 11 is 0. The van der Waals surface area contributed by atoms with Crippen LogP contribution in [0.2, 0.25) is 0 Å². The Bertz CT molecular complexity index is 8720. The van der Waals surface area contributed by atoms with Gasteiger partial charge in [-0.25, -0.2) is 19.9 Å². The van der Waals surface area contributed by atoms with E-state index >= 15 is 0 Å². The van der Waals surface area contributed by atoms with Gasteiger partial charge in [-0.3, -0.25) is 17.9 Å². The number of fused-ring (bicyclic) bond motifs is 23. The van der Waals surface area contributed by atoms with Crippen molar-refractivity contribution in [1.82, 2.24) is 47.0 Å². The molecule has 0 unspecified atom stereocenters. The summed E-state index contributed by atoms with van der Waals surface area (Å²) in [5, 5.41) is 14.3. The molecule has 10 nitrogen and oxygen atoms in total. The van der Waals surface area contributed by atoms with Crippen LogP contribution in [-0.4, -0.2) is 47.0 Å². The maximum absolute atomic E-state index is 5.34. The minimum absolute atomic E-state index is 0.826. The van der Waals surface area contributed by atoms with Crippen LogP contribution in [0.3, 0.4) is 0 Å². The Labute approximate surface area is 687 Å². The Morgan fingerprint density at radius 1 is 0.150 bits per heavy atom.